The zero-order valence-electron chi connectivity index (χ0n) is 24.5. The minimum Gasteiger partial charge on any atom is -0.462 e. The molecule has 1 rings (SSSR count). The predicted molar refractivity (Wildman–Crippen MR) is 136 cm³/mol. The number of ketones is 1. The van der Waals surface area contributed by atoms with Crippen molar-refractivity contribution in [3.05, 3.63) is 0 Å². The lowest BCUT2D eigenvalue weighted by atomic mass is 9.88. The zero-order valence-corrected chi connectivity index (χ0v) is 24.5. The lowest BCUT2D eigenvalue weighted by molar-refractivity contribution is -0.305. The Hall–Kier alpha value is -4.08. The molecule has 1 saturated heterocycles. The summed E-state index contributed by atoms with van der Waals surface area (Å²) in [6.45, 7) is 6.65. The van der Waals surface area contributed by atoms with E-state index in [0.29, 0.717) is 0 Å². The van der Waals surface area contributed by atoms with Crippen LogP contribution in [0, 0.1) is 0 Å². The van der Waals surface area contributed by atoms with Crippen molar-refractivity contribution in [3.8, 4) is 0 Å². The zero-order chi connectivity index (χ0) is 32.2. The van der Waals surface area contributed by atoms with Crippen LogP contribution in [0.1, 0.15) is 67.7 Å². The molecule has 0 aromatic carbocycles. The fraction of sp³-hybridized carbons (Fsp3) is 0.692. The Morgan fingerprint density at radius 3 is 1.93 bits per heavy atom. The normalized spacial score (nSPS) is 22.8. The van der Waals surface area contributed by atoms with Crippen LogP contribution < -0.4 is 5.32 Å². The Morgan fingerprint density at radius 2 is 1.45 bits per heavy atom. The van der Waals surface area contributed by atoms with Gasteiger partial charge in [-0.1, -0.05) is 6.92 Å². The molecule has 1 aliphatic heterocycles. The summed E-state index contributed by atoms with van der Waals surface area (Å²) in [6.07, 6.45) is -7.31. The van der Waals surface area contributed by atoms with Gasteiger partial charge >= 0.3 is 41.6 Å². The van der Waals surface area contributed by atoms with Crippen molar-refractivity contribution in [2.45, 2.75) is 104 Å². The van der Waals surface area contributed by atoms with E-state index in [0.717, 1.165) is 41.5 Å². The number of hydrogen-bond donors (Lipinski definition) is 1. The fourth-order valence-corrected chi connectivity index (χ4v) is 4.12. The van der Waals surface area contributed by atoms with Crippen LogP contribution in [0.5, 0.6) is 0 Å². The highest BCUT2D eigenvalue weighted by Crippen LogP contribution is 2.37. The third kappa shape index (κ3) is 11.4. The number of Topliss-reactive ketones (excluding diaryl/α,β-unsaturated/α-hetero) is 1. The van der Waals surface area contributed by atoms with Crippen molar-refractivity contribution >= 4 is 47.5 Å². The van der Waals surface area contributed by atoms with Gasteiger partial charge in [0.1, 0.15) is 24.6 Å². The number of nitrogens with one attached hydrogen (secondary N) is 1. The highest BCUT2D eigenvalue weighted by atomic mass is 16.8. The van der Waals surface area contributed by atoms with Gasteiger partial charge in [0, 0.05) is 54.4 Å². The minimum absolute atomic E-state index is 0.169. The molecule has 1 aliphatic rings. The van der Waals surface area contributed by atoms with E-state index in [1.807, 2.05) is 0 Å². The first-order valence-electron chi connectivity index (χ1n) is 13.0. The van der Waals surface area contributed by atoms with Crippen molar-refractivity contribution in [1.29, 1.82) is 0 Å². The number of esters is 6. The summed E-state index contributed by atoms with van der Waals surface area (Å²) in [5.74, 6) is -9.48. The molecule has 0 saturated carbocycles. The van der Waals surface area contributed by atoms with Crippen LogP contribution >= 0.6 is 0 Å². The number of carbonyl (C=O) groups excluding carboxylic acids is 8. The molecule has 1 N–H and O–H groups in total. The maximum atomic E-state index is 13.4. The molecule has 0 aromatic rings. The fourth-order valence-electron chi connectivity index (χ4n) is 4.12. The summed E-state index contributed by atoms with van der Waals surface area (Å²) in [4.78, 5) is 97.4. The molecule has 0 bridgehead atoms. The van der Waals surface area contributed by atoms with Crippen LogP contribution in [0.25, 0.3) is 0 Å². The summed E-state index contributed by atoms with van der Waals surface area (Å²) in [7, 11) is 0. The number of rotatable bonds is 14. The van der Waals surface area contributed by atoms with Gasteiger partial charge in [0.2, 0.25) is 5.91 Å². The van der Waals surface area contributed by atoms with Gasteiger partial charge in [-0.2, -0.15) is 0 Å². The molecule has 0 aromatic heterocycles. The molecule has 6 atom stereocenters. The summed E-state index contributed by atoms with van der Waals surface area (Å²) in [5.41, 5.74) is 0. The minimum atomic E-state index is -2.67. The third-order valence-electron chi connectivity index (χ3n) is 5.63. The first kappa shape index (κ1) is 35.9. The van der Waals surface area contributed by atoms with E-state index in [4.69, 9.17) is 33.2 Å². The topological polar surface area (TPSA) is 213 Å². The smallest absolute Gasteiger partial charge is 0.380 e. The molecule has 0 aliphatic carbocycles. The summed E-state index contributed by atoms with van der Waals surface area (Å²) >= 11 is 0. The van der Waals surface area contributed by atoms with Crippen molar-refractivity contribution in [2.24, 2.45) is 0 Å². The summed E-state index contributed by atoms with van der Waals surface area (Å²) in [5, 5.41) is 2.49. The van der Waals surface area contributed by atoms with Gasteiger partial charge < -0.3 is 38.5 Å². The second-order valence-corrected chi connectivity index (χ2v) is 9.31. The van der Waals surface area contributed by atoms with Gasteiger partial charge in [-0.3, -0.25) is 33.6 Å². The van der Waals surface area contributed by atoms with Crippen molar-refractivity contribution in [1.82, 2.24) is 5.32 Å². The third-order valence-corrected chi connectivity index (χ3v) is 5.63. The van der Waals surface area contributed by atoms with Gasteiger partial charge in [-0.15, -0.1) is 0 Å². The van der Waals surface area contributed by atoms with E-state index in [9.17, 15) is 38.4 Å². The van der Waals surface area contributed by atoms with Gasteiger partial charge in [0.25, 0.3) is 0 Å². The van der Waals surface area contributed by atoms with Gasteiger partial charge in [0.05, 0.1) is 19.1 Å². The quantitative estimate of drug-likeness (QED) is 0.201. The highest BCUT2D eigenvalue weighted by Gasteiger charge is 2.60. The molecule has 1 fully saturated rings. The molecule has 16 nitrogen and oxygen atoms in total. The number of amides is 1. The van der Waals surface area contributed by atoms with E-state index in [-0.39, 0.29) is 18.6 Å². The Morgan fingerprint density at radius 1 is 0.833 bits per heavy atom. The van der Waals surface area contributed by atoms with Crippen LogP contribution in [-0.2, 0) is 71.5 Å². The molecule has 0 radical (unpaired) electrons. The standard InChI is InChI=1S/C26H37NO15/c1-8-19(34)9-10-36-25(35)26(41-18(7)33)11-20(38-15(4)30)22(27-13(2)28)24(42-26)23(40-17(6)32)21(39-16(5)31)12-37-14(3)29/h20-24H,8-12H2,1-7H3,(H,27,28)/t20-,21-,22-,23-,24?,26+/m1/s1. The Kier molecular flexibility index (Phi) is 14.0. The molecule has 236 valence electrons. The van der Waals surface area contributed by atoms with Crippen molar-refractivity contribution < 1.29 is 71.5 Å². The molecular weight excluding hydrogens is 566 g/mol. The first-order valence-corrected chi connectivity index (χ1v) is 13.0. The second-order valence-electron chi connectivity index (χ2n) is 9.31. The van der Waals surface area contributed by atoms with E-state index in [1.165, 1.54) is 0 Å². The SMILES string of the molecule is CCC(=O)CCOC(=O)[C@]1(OC(C)=O)C[C@@H](OC(C)=O)[C@@H](NC(C)=O)C([C@H](OC(C)=O)[C@@H](COC(C)=O)OC(C)=O)O1. The van der Waals surface area contributed by atoms with Crippen LogP contribution in [0.4, 0.5) is 0 Å². The van der Waals surface area contributed by atoms with Crippen molar-refractivity contribution in [2.75, 3.05) is 13.2 Å². The Balaban J connectivity index is 3.82. The van der Waals surface area contributed by atoms with E-state index in [1.54, 1.807) is 6.92 Å². The maximum Gasteiger partial charge on any atom is 0.380 e. The van der Waals surface area contributed by atoms with E-state index in [2.05, 4.69) is 5.32 Å². The molecule has 42 heavy (non-hydrogen) atoms. The average Bonchev–Trinajstić information content (AvgIpc) is 2.85. The molecule has 1 amide bonds. The van der Waals surface area contributed by atoms with Gasteiger partial charge in [-0.25, -0.2) is 4.79 Å². The van der Waals surface area contributed by atoms with Crippen LogP contribution in [0.15, 0.2) is 0 Å². The predicted octanol–water partition coefficient (Wildman–Crippen LogP) is -0.190. The van der Waals surface area contributed by atoms with Gasteiger partial charge in [0.15, 0.2) is 12.2 Å². The molecule has 16 heteroatoms. The van der Waals surface area contributed by atoms with Gasteiger partial charge in [-0.05, 0) is 0 Å². The van der Waals surface area contributed by atoms with Crippen LogP contribution in [0.2, 0.25) is 0 Å². The number of hydrogen-bond acceptors (Lipinski definition) is 15. The molecular formula is C26H37NO15. The van der Waals surface area contributed by atoms with Crippen LogP contribution in [-0.4, -0.2) is 97.0 Å². The highest BCUT2D eigenvalue weighted by molar-refractivity contribution is 5.83. The monoisotopic (exact) mass is 603 g/mol. The molecule has 0 spiro atoms. The maximum absolute atomic E-state index is 13.4. The number of carbonyl (C=O) groups is 8. The Labute approximate surface area is 241 Å². The largest absolute Gasteiger partial charge is 0.462 e. The van der Waals surface area contributed by atoms with E-state index < -0.39 is 97.6 Å². The lowest BCUT2D eigenvalue weighted by Gasteiger charge is -2.48. The first-order chi connectivity index (χ1) is 19.5. The average molecular weight is 604 g/mol. The van der Waals surface area contributed by atoms with Crippen molar-refractivity contribution in [3.63, 3.8) is 0 Å². The Bertz CT molecular complexity index is 1060. The van der Waals surface area contributed by atoms with Crippen LogP contribution in [0.3, 0.4) is 0 Å². The second kappa shape index (κ2) is 16.4. The molecule has 1 heterocycles. The summed E-state index contributed by atoms with van der Waals surface area (Å²) in [6, 6.07) is -1.41. The van der Waals surface area contributed by atoms with E-state index >= 15 is 0 Å². The molecule has 1 unspecified atom stereocenters. The number of ether oxygens (including phenoxy) is 7. The lowest BCUT2D eigenvalue weighted by Crippen LogP contribution is -2.69. The summed E-state index contributed by atoms with van der Waals surface area (Å²) < 4.78 is 37.4.